The fraction of sp³-hybridized carbons (Fsp3) is 0.692. The number of nitrogens with one attached hydrogen (secondary N) is 2. The van der Waals surface area contributed by atoms with Crippen LogP contribution in [0.3, 0.4) is 0 Å². The van der Waals surface area contributed by atoms with Crippen molar-refractivity contribution in [2.45, 2.75) is 43.8 Å². The summed E-state index contributed by atoms with van der Waals surface area (Å²) in [5, 5.41) is 31.1. The number of aliphatic carboxylic acids is 2. The van der Waals surface area contributed by atoms with Crippen molar-refractivity contribution in [2.75, 3.05) is 13.2 Å². The Hall–Kier alpha value is -2.24. The predicted octanol–water partition coefficient (Wildman–Crippen LogP) is -3.04. The first-order valence-corrected chi connectivity index (χ1v) is 7.34. The topological polar surface area (TPSA) is 205 Å². The average Bonchev–Trinajstić information content (AvgIpc) is 2.50. The van der Waals surface area contributed by atoms with Gasteiger partial charge < -0.3 is 37.4 Å². The predicted molar refractivity (Wildman–Crippen MR) is 81.7 cm³/mol. The van der Waals surface area contributed by atoms with Gasteiger partial charge in [0.15, 0.2) is 0 Å². The Bertz CT molecular complexity index is 458. The number of hydrogen-bond acceptors (Lipinski definition) is 7. The number of aliphatic hydroxyl groups is 1. The Kier molecular flexibility index (Phi) is 10.3. The second kappa shape index (κ2) is 11.3. The van der Waals surface area contributed by atoms with Gasteiger partial charge in [0.05, 0.1) is 19.1 Å². The Morgan fingerprint density at radius 1 is 0.958 bits per heavy atom. The van der Waals surface area contributed by atoms with E-state index in [9.17, 15) is 24.3 Å². The van der Waals surface area contributed by atoms with E-state index in [4.69, 9.17) is 21.7 Å². The molecule has 2 amide bonds. The third-order valence-corrected chi connectivity index (χ3v) is 3.11. The minimum absolute atomic E-state index is 0.142. The zero-order chi connectivity index (χ0) is 18.7. The number of nitrogens with two attached hydrogens (primary N) is 2. The number of amides is 2. The molecule has 0 bridgehead atoms. The SMILES string of the molecule is NCCCC[C@H](NC(=O)[C@H](CO)NC(=O)[C@@H](N)CC(=O)O)C(=O)O. The van der Waals surface area contributed by atoms with Gasteiger partial charge in [0.1, 0.15) is 12.1 Å². The molecule has 138 valence electrons. The number of hydrogen-bond donors (Lipinski definition) is 7. The molecule has 0 aromatic carbocycles. The van der Waals surface area contributed by atoms with Crippen LogP contribution in [0.5, 0.6) is 0 Å². The van der Waals surface area contributed by atoms with Gasteiger partial charge in [-0.1, -0.05) is 0 Å². The minimum Gasteiger partial charge on any atom is -0.481 e. The number of rotatable bonds is 12. The fourth-order valence-electron chi connectivity index (χ4n) is 1.78. The summed E-state index contributed by atoms with van der Waals surface area (Å²) >= 11 is 0. The molecule has 0 aromatic heterocycles. The third-order valence-electron chi connectivity index (χ3n) is 3.11. The standard InChI is InChI=1S/C13H24N4O7/c14-4-2-1-3-8(13(23)24)16-12(22)9(6-18)17-11(21)7(15)5-10(19)20/h7-9,18H,1-6,14-15H2,(H,16,22)(H,17,21)(H,19,20)(H,23,24)/t7-,8-,9-/m0/s1. The van der Waals surface area contributed by atoms with Crippen LogP contribution in [0.2, 0.25) is 0 Å². The second-order valence-electron chi connectivity index (χ2n) is 5.13. The van der Waals surface area contributed by atoms with Crippen molar-refractivity contribution in [3.63, 3.8) is 0 Å². The lowest BCUT2D eigenvalue weighted by Crippen LogP contribution is -2.56. The van der Waals surface area contributed by atoms with E-state index in [2.05, 4.69) is 10.6 Å². The Labute approximate surface area is 138 Å². The van der Waals surface area contributed by atoms with Crippen LogP contribution in [0, 0.1) is 0 Å². The second-order valence-corrected chi connectivity index (χ2v) is 5.13. The van der Waals surface area contributed by atoms with Crippen LogP contribution >= 0.6 is 0 Å². The molecule has 11 heteroatoms. The number of carbonyl (C=O) groups excluding carboxylic acids is 2. The van der Waals surface area contributed by atoms with Gasteiger partial charge in [-0.15, -0.1) is 0 Å². The molecule has 0 aliphatic carbocycles. The molecule has 0 fully saturated rings. The maximum atomic E-state index is 12.0. The molecule has 0 unspecified atom stereocenters. The molecular weight excluding hydrogens is 324 g/mol. The summed E-state index contributed by atoms with van der Waals surface area (Å²) < 4.78 is 0. The highest BCUT2D eigenvalue weighted by Crippen LogP contribution is 2.02. The van der Waals surface area contributed by atoms with Gasteiger partial charge in [0.2, 0.25) is 11.8 Å². The minimum atomic E-state index is -1.44. The van der Waals surface area contributed by atoms with Crippen molar-refractivity contribution in [1.29, 1.82) is 0 Å². The lowest BCUT2D eigenvalue weighted by molar-refractivity contribution is -0.143. The van der Waals surface area contributed by atoms with Gasteiger partial charge in [0, 0.05) is 0 Å². The van der Waals surface area contributed by atoms with E-state index in [1.54, 1.807) is 0 Å². The summed E-state index contributed by atoms with van der Waals surface area (Å²) in [6.45, 7) is -0.413. The van der Waals surface area contributed by atoms with E-state index in [0.29, 0.717) is 19.4 Å². The van der Waals surface area contributed by atoms with Gasteiger partial charge in [-0.05, 0) is 25.8 Å². The molecule has 0 saturated heterocycles. The van der Waals surface area contributed by atoms with Crippen molar-refractivity contribution < 1.29 is 34.5 Å². The van der Waals surface area contributed by atoms with E-state index in [-0.39, 0.29) is 6.42 Å². The van der Waals surface area contributed by atoms with E-state index >= 15 is 0 Å². The van der Waals surface area contributed by atoms with Gasteiger partial charge >= 0.3 is 11.9 Å². The van der Waals surface area contributed by atoms with Crippen LogP contribution in [-0.2, 0) is 19.2 Å². The van der Waals surface area contributed by atoms with Gasteiger partial charge in [-0.2, -0.15) is 0 Å². The van der Waals surface area contributed by atoms with Crippen LogP contribution in [0.25, 0.3) is 0 Å². The molecule has 0 spiro atoms. The van der Waals surface area contributed by atoms with E-state index in [1.807, 2.05) is 0 Å². The molecule has 0 rings (SSSR count). The molecule has 9 N–H and O–H groups in total. The Morgan fingerprint density at radius 3 is 2.00 bits per heavy atom. The lowest BCUT2D eigenvalue weighted by atomic mass is 10.1. The van der Waals surface area contributed by atoms with Crippen LogP contribution in [0.15, 0.2) is 0 Å². The van der Waals surface area contributed by atoms with Crippen LogP contribution in [0.1, 0.15) is 25.7 Å². The smallest absolute Gasteiger partial charge is 0.326 e. The maximum Gasteiger partial charge on any atom is 0.326 e. The molecule has 0 aliphatic rings. The first kappa shape index (κ1) is 21.8. The quantitative estimate of drug-likeness (QED) is 0.179. The first-order valence-electron chi connectivity index (χ1n) is 7.34. The zero-order valence-corrected chi connectivity index (χ0v) is 13.1. The normalized spacial score (nSPS) is 14.3. The maximum absolute atomic E-state index is 12.0. The molecular formula is C13H24N4O7. The summed E-state index contributed by atoms with van der Waals surface area (Å²) in [4.78, 5) is 45.2. The van der Waals surface area contributed by atoms with Gasteiger partial charge in [-0.3, -0.25) is 14.4 Å². The summed E-state index contributed by atoms with van der Waals surface area (Å²) in [6, 6.07) is -4.03. The third kappa shape index (κ3) is 8.41. The zero-order valence-electron chi connectivity index (χ0n) is 13.1. The summed E-state index contributed by atoms with van der Waals surface area (Å²) in [7, 11) is 0. The van der Waals surface area contributed by atoms with E-state index in [0.717, 1.165) is 0 Å². The monoisotopic (exact) mass is 348 g/mol. The number of carbonyl (C=O) groups is 4. The van der Waals surface area contributed by atoms with Crippen molar-refractivity contribution in [1.82, 2.24) is 10.6 Å². The van der Waals surface area contributed by atoms with E-state index < -0.39 is 54.9 Å². The van der Waals surface area contributed by atoms with Gasteiger partial charge in [0.25, 0.3) is 0 Å². The van der Waals surface area contributed by atoms with Crippen LogP contribution < -0.4 is 22.1 Å². The Balaban J connectivity index is 4.67. The molecule has 11 nitrogen and oxygen atoms in total. The number of carboxylic acids is 2. The molecule has 0 saturated carbocycles. The number of aliphatic hydroxyl groups excluding tert-OH is 1. The highest BCUT2D eigenvalue weighted by molar-refractivity contribution is 5.92. The average molecular weight is 348 g/mol. The van der Waals surface area contributed by atoms with E-state index in [1.165, 1.54) is 0 Å². The van der Waals surface area contributed by atoms with Crippen LogP contribution in [0.4, 0.5) is 0 Å². The molecule has 0 radical (unpaired) electrons. The fourth-order valence-corrected chi connectivity index (χ4v) is 1.78. The lowest BCUT2D eigenvalue weighted by Gasteiger charge is -2.21. The van der Waals surface area contributed by atoms with Crippen molar-refractivity contribution >= 4 is 23.8 Å². The molecule has 24 heavy (non-hydrogen) atoms. The van der Waals surface area contributed by atoms with Gasteiger partial charge in [-0.25, -0.2) is 4.79 Å². The van der Waals surface area contributed by atoms with Crippen molar-refractivity contribution in [2.24, 2.45) is 11.5 Å². The summed E-state index contributed by atoms with van der Waals surface area (Å²) in [5.74, 6) is -4.41. The molecule has 3 atom stereocenters. The molecule has 0 heterocycles. The highest BCUT2D eigenvalue weighted by Gasteiger charge is 2.27. The first-order chi connectivity index (χ1) is 11.2. The molecule has 0 aliphatic heterocycles. The number of carboxylic acid groups (broad SMARTS) is 2. The summed E-state index contributed by atoms with van der Waals surface area (Å²) in [6.07, 6.45) is 0.558. The Morgan fingerprint density at radius 2 is 1.54 bits per heavy atom. The van der Waals surface area contributed by atoms with Crippen LogP contribution in [-0.4, -0.2) is 70.3 Å². The van der Waals surface area contributed by atoms with Crippen molar-refractivity contribution in [3.8, 4) is 0 Å². The number of unbranched alkanes of at least 4 members (excludes halogenated alkanes) is 1. The molecule has 0 aromatic rings. The van der Waals surface area contributed by atoms with Crippen molar-refractivity contribution in [3.05, 3.63) is 0 Å². The highest BCUT2D eigenvalue weighted by atomic mass is 16.4. The largest absolute Gasteiger partial charge is 0.481 e. The summed E-state index contributed by atoms with van der Waals surface area (Å²) in [5.41, 5.74) is 10.7.